The van der Waals surface area contributed by atoms with Crippen LogP contribution in [-0.4, -0.2) is 73.9 Å². The summed E-state index contributed by atoms with van der Waals surface area (Å²) in [6, 6.07) is 11.9. The first kappa shape index (κ1) is 26.3. The highest BCUT2D eigenvalue weighted by atomic mass is 32.1. The first-order valence-electron chi connectivity index (χ1n) is 12.8. The van der Waals surface area contributed by atoms with Crippen molar-refractivity contribution in [2.75, 3.05) is 55.7 Å². The van der Waals surface area contributed by atoms with Crippen LogP contribution in [0.1, 0.15) is 18.4 Å². The Morgan fingerprint density at radius 3 is 2.42 bits per heavy atom. The molecule has 2 aliphatic heterocycles. The number of carbonyl (C=O) groups excluding carboxylic acids is 2. The van der Waals surface area contributed by atoms with Crippen molar-refractivity contribution in [3.8, 4) is 0 Å². The number of rotatable bonds is 9. The maximum atomic E-state index is 15.1. The quantitative estimate of drug-likeness (QED) is 0.485. The van der Waals surface area contributed by atoms with Crippen molar-refractivity contribution in [3.05, 3.63) is 59.7 Å². The topological polar surface area (TPSA) is 74.3 Å². The van der Waals surface area contributed by atoms with Crippen LogP contribution >= 0.6 is 12.2 Å². The van der Waals surface area contributed by atoms with Gasteiger partial charge in [0.05, 0.1) is 30.4 Å². The standard InChI is InChI=1S/C27H30F2N4O4S/c28-22-12-20(33-15-21(37-27(33)35)14-30-26(38)19-6-7-19)13-23(29)25(22)32-10-8-31(9-11-32)24(34)17-36-16-18-4-2-1-3-5-18/h1-5,12-13,19,21H,6-11,14-17H2,(H,30,38)/t21-/m0/s1. The number of hydrogen-bond donors (Lipinski definition) is 1. The summed E-state index contributed by atoms with van der Waals surface area (Å²) in [5.74, 6) is -1.29. The number of nitrogens with one attached hydrogen (secondary N) is 1. The lowest BCUT2D eigenvalue weighted by Crippen LogP contribution is -2.50. The summed E-state index contributed by atoms with van der Waals surface area (Å²) in [5.41, 5.74) is 0.915. The predicted octanol–water partition coefficient (Wildman–Crippen LogP) is 3.48. The summed E-state index contributed by atoms with van der Waals surface area (Å²) in [4.78, 5) is 30.1. The summed E-state index contributed by atoms with van der Waals surface area (Å²) in [7, 11) is 0. The lowest BCUT2D eigenvalue weighted by Gasteiger charge is -2.36. The third-order valence-corrected chi connectivity index (χ3v) is 7.40. The fraction of sp³-hybridized carbons (Fsp3) is 0.444. The van der Waals surface area contributed by atoms with Gasteiger partial charge in [-0.3, -0.25) is 9.69 Å². The number of cyclic esters (lactones) is 1. The Morgan fingerprint density at radius 1 is 1.08 bits per heavy atom. The molecule has 2 aromatic rings. The number of halogens is 2. The Bertz CT molecular complexity index is 1170. The molecular weight excluding hydrogens is 514 g/mol. The van der Waals surface area contributed by atoms with Crippen molar-refractivity contribution in [1.82, 2.24) is 10.2 Å². The van der Waals surface area contributed by atoms with Gasteiger partial charge >= 0.3 is 6.09 Å². The molecule has 2 amide bonds. The van der Waals surface area contributed by atoms with Crippen LogP contribution in [0, 0.1) is 17.6 Å². The van der Waals surface area contributed by atoms with Gasteiger partial charge in [-0.2, -0.15) is 0 Å². The van der Waals surface area contributed by atoms with Gasteiger partial charge in [0.15, 0.2) is 11.6 Å². The largest absolute Gasteiger partial charge is 0.442 e. The number of nitrogens with zero attached hydrogens (tertiary/aromatic N) is 3. The predicted molar refractivity (Wildman–Crippen MR) is 142 cm³/mol. The monoisotopic (exact) mass is 544 g/mol. The molecule has 0 bridgehead atoms. The molecule has 0 radical (unpaired) electrons. The first-order valence-corrected chi connectivity index (χ1v) is 13.2. The van der Waals surface area contributed by atoms with Crippen molar-refractivity contribution in [2.24, 2.45) is 5.92 Å². The molecule has 1 N–H and O–H groups in total. The van der Waals surface area contributed by atoms with E-state index in [1.54, 1.807) is 9.80 Å². The highest BCUT2D eigenvalue weighted by Crippen LogP contribution is 2.32. The molecule has 3 aliphatic rings. The number of thiocarbonyl (C=S) groups is 1. The SMILES string of the molecule is O=C(COCc1ccccc1)N1CCN(c2c(F)cc(N3C[C@H](CNC(=S)C4CC4)OC3=O)cc2F)CC1. The minimum Gasteiger partial charge on any atom is -0.442 e. The van der Waals surface area contributed by atoms with E-state index >= 15 is 8.78 Å². The molecule has 1 atom stereocenters. The van der Waals surface area contributed by atoms with Gasteiger partial charge in [-0.15, -0.1) is 0 Å². The van der Waals surface area contributed by atoms with Crippen LogP contribution in [0.2, 0.25) is 0 Å². The molecule has 2 aromatic carbocycles. The summed E-state index contributed by atoms with van der Waals surface area (Å²) in [6.07, 6.45) is 1.03. The molecule has 1 aliphatic carbocycles. The fourth-order valence-corrected chi connectivity index (χ4v) is 4.97. The Kier molecular flexibility index (Phi) is 8.04. The van der Waals surface area contributed by atoms with Crippen LogP contribution in [-0.2, 0) is 20.9 Å². The van der Waals surface area contributed by atoms with E-state index in [4.69, 9.17) is 21.7 Å². The van der Waals surface area contributed by atoms with Gasteiger partial charge in [-0.1, -0.05) is 42.5 Å². The van der Waals surface area contributed by atoms with Gasteiger partial charge < -0.3 is 24.6 Å². The smallest absolute Gasteiger partial charge is 0.414 e. The van der Waals surface area contributed by atoms with Gasteiger partial charge in [-0.25, -0.2) is 13.6 Å². The second-order valence-electron chi connectivity index (χ2n) is 9.74. The van der Waals surface area contributed by atoms with Gasteiger partial charge in [-0.05, 0) is 18.4 Å². The van der Waals surface area contributed by atoms with Crippen LogP contribution in [0.25, 0.3) is 0 Å². The molecule has 38 heavy (non-hydrogen) atoms. The number of hydrogen-bond acceptors (Lipinski definition) is 6. The van der Waals surface area contributed by atoms with Gasteiger partial charge in [0.25, 0.3) is 0 Å². The highest BCUT2D eigenvalue weighted by molar-refractivity contribution is 7.80. The van der Waals surface area contributed by atoms with Crippen LogP contribution in [0.3, 0.4) is 0 Å². The second-order valence-corrected chi connectivity index (χ2v) is 10.2. The Morgan fingerprint density at radius 2 is 1.76 bits per heavy atom. The molecule has 5 rings (SSSR count). The number of amides is 2. The minimum absolute atomic E-state index is 0.0544. The van der Waals surface area contributed by atoms with E-state index in [1.165, 1.54) is 4.90 Å². The van der Waals surface area contributed by atoms with E-state index in [2.05, 4.69) is 5.32 Å². The third-order valence-electron chi connectivity index (χ3n) is 6.93. The minimum atomic E-state index is -0.768. The average molecular weight is 545 g/mol. The van der Waals surface area contributed by atoms with Crippen LogP contribution < -0.4 is 15.1 Å². The van der Waals surface area contributed by atoms with Crippen molar-refractivity contribution in [2.45, 2.75) is 25.6 Å². The zero-order valence-electron chi connectivity index (χ0n) is 20.9. The molecule has 0 unspecified atom stereocenters. The highest BCUT2D eigenvalue weighted by Gasteiger charge is 2.35. The van der Waals surface area contributed by atoms with E-state index in [0.29, 0.717) is 32.2 Å². The zero-order valence-corrected chi connectivity index (χ0v) is 21.7. The molecule has 202 valence electrons. The lowest BCUT2D eigenvalue weighted by molar-refractivity contribution is -0.136. The molecule has 1 saturated carbocycles. The van der Waals surface area contributed by atoms with E-state index in [0.717, 1.165) is 35.5 Å². The van der Waals surface area contributed by atoms with Gasteiger partial charge in [0.2, 0.25) is 5.91 Å². The molecule has 0 aromatic heterocycles. The van der Waals surface area contributed by atoms with Crippen LogP contribution in [0.5, 0.6) is 0 Å². The Labute approximate surface area is 225 Å². The number of ether oxygens (including phenoxy) is 2. The van der Waals surface area contributed by atoms with E-state index < -0.39 is 23.8 Å². The maximum absolute atomic E-state index is 15.1. The van der Waals surface area contributed by atoms with Crippen molar-refractivity contribution in [1.29, 1.82) is 0 Å². The normalized spacial score (nSPS) is 19.5. The molecule has 2 saturated heterocycles. The fourth-order valence-electron chi connectivity index (χ4n) is 4.65. The van der Waals surface area contributed by atoms with E-state index in [9.17, 15) is 9.59 Å². The molecule has 11 heteroatoms. The Balaban J connectivity index is 1.13. The van der Waals surface area contributed by atoms with Crippen molar-refractivity contribution >= 4 is 40.6 Å². The van der Waals surface area contributed by atoms with E-state index in [1.807, 2.05) is 30.3 Å². The number of anilines is 2. The van der Waals surface area contributed by atoms with Crippen LogP contribution in [0.15, 0.2) is 42.5 Å². The second kappa shape index (κ2) is 11.6. The number of benzene rings is 2. The first-order chi connectivity index (χ1) is 18.4. The lowest BCUT2D eigenvalue weighted by atomic mass is 10.2. The van der Waals surface area contributed by atoms with Gasteiger partial charge in [0.1, 0.15) is 18.4 Å². The molecule has 3 fully saturated rings. The number of carbonyl (C=O) groups is 2. The van der Waals surface area contributed by atoms with E-state index in [-0.39, 0.29) is 43.5 Å². The summed E-state index contributed by atoms with van der Waals surface area (Å²) >= 11 is 5.30. The van der Waals surface area contributed by atoms with Gasteiger partial charge in [0, 0.05) is 44.2 Å². The summed E-state index contributed by atoms with van der Waals surface area (Å²) < 4.78 is 41.1. The molecule has 8 nitrogen and oxygen atoms in total. The Hall–Kier alpha value is -3.31. The van der Waals surface area contributed by atoms with Crippen LogP contribution in [0.4, 0.5) is 25.0 Å². The average Bonchev–Trinajstić information content (AvgIpc) is 3.70. The van der Waals surface area contributed by atoms with Crippen molar-refractivity contribution < 1.29 is 27.8 Å². The number of piperazine rings is 1. The molecule has 2 heterocycles. The summed E-state index contributed by atoms with van der Waals surface area (Å²) in [6.45, 7) is 2.02. The zero-order chi connectivity index (χ0) is 26.6. The van der Waals surface area contributed by atoms with Crippen molar-refractivity contribution in [3.63, 3.8) is 0 Å². The molecular formula is C27H30F2N4O4S. The third kappa shape index (κ3) is 6.21. The molecule has 0 spiro atoms. The summed E-state index contributed by atoms with van der Waals surface area (Å²) in [5, 5.41) is 3.12. The maximum Gasteiger partial charge on any atom is 0.414 e.